The van der Waals surface area contributed by atoms with Crippen LogP contribution in [0.5, 0.6) is 11.5 Å². The molecule has 0 aliphatic rings. The Labute approximate surface area is 129 Å². The quantitative estimate of drug-likeness (QED) is 0.751. The van der Waals surface area contributed by atoms with Crippen LogP contribution in [0.25, 0.3) is 0 Å². The fraction of sp³-hybridized carbons (Fsp3) is 0.235. The highest BCUT2D eigenvalue weighted by Gasteiger charge is 2.12. The number of carbonyl (C=O) groups is 1. The maximum absolute atomic E-state index is 12.4. The molecule has 0 atom stereocenters. The second-order valence-electron chi connectivity index (χ2n) is 4.52. The summed E-state index contributed by atoms with van der Waals surface area (Å²) in [5.74, 6) is 1.35. The molecule has 0 bridgehead atoms. The molecule has 21 heavy (non-hydrogen) atoms. The Morgan fingerprint density at radius 2 is 2.00 bits per heavy atom. The summed E-state index contributed by atoms with van der Waals surface area (Å²) in [6.45, 7) is 2.48. The number of hydrogen-bond donors (Lipinski definition) is 0. The van der Waals surface area contributed by atoms with Crippen LogP contribution in [0.15, 0.2) is 42.5 Å². The first kappa shape index (κ1) is 15.4. The van der Waals surface area contributed by atoms with Crippen LogP contribution in [-0.2, 0) is 6.42 Å². The summed E-state index contributed by atoms with van der Waals surface area (Å²) >= 11 is 5.98. The van der Waals surface area contributed by atoms with E-state index in [4.69, 9.17) is 21.1 Å². The number of Topliss-reactive ketones (excluding diaryl/α,β-unsaturated/α-hetero) is 1. The van der Waals surface area contributed by atoms with Crippen molar-refractivity contribution in [3.8, 4) is 11.5 Å². The smallest absolute Gasteiger partial charge is 0.167 e. The highest BCUT2D eigenvalue weighted by Crippen LogP contribution is 2.24. The van der Waals surface area contributed by atoms with Crippen LogP contribution in [0.2, 0.25) is 5.02 Å². The molecule has 0 heterocycles. The van der Waals surface area contributed by atoms with E-state index in [2.05, 4.69) is 0 Å². The molecule has 3 nitrogen and oxygen atoms in total. The van der Waals surface area contributed by atoms with Gasteiger partial charge in [-0.15, -0.1) is 0 Å². The van der Waals surface area contributed by atoms with Gasteiger partial charge in [0.1, 0.15) is 11.5 Å². The molecule has 2 aromatic rings. The Morgan fingerprint density at radius 1 is 1.19 bits per heavy atom. The van der Waals surface area contributed by atoms with Gasteiger partial charge in [-0.3, -0.25) is 4.79 Å². The van der Waals surface area contributed by atoms with E-state index in [-0.39, 0.29) is 12.2 Å². The molecule has 0 saturated heterocycles. The molecule has 110 valence electrons. The van der Waals surface area contributed by atoms with E-state index in [1.807, 2.05) is 19.1 Å². The number of ether oxygens (including phenoxy) is 2. The van der Waals surface area contributed by atoms with Gasteiger partial charge in [0.15, 0.2) is 5.78 Å². The lowest BCUT2D eigenvalue weighted by molar-refractivity contribution is 0.0991. The van der Waals surface area contributed by atoms with Crippen molar-refractivity contribution in [3.63, 3.8) is 0 Å². The van der Waals surface area contributed by atoms with Gasteiger partial charge < -0.3 is 9.47 Å². The normalized spacial score (nSPS) is 10.2. The molecule has 2 rings (SSSR count). The van der Waals surface area contributed by atoms with E-state index in [1.54, 1.807) is 37.4 Å². The lowest BCUT2D eigenvalue weighted by atomic mass is 10.0. The summed E-state index contributed by atoms with van der Waals surface area (Å²) in [6.07, 6.45) is 0.235. The summed E-state index contributed by atoms with van der Waals surface area (Å²) < 4.78 is 10.7. The Kier molecular flexibility index (Phi) is 5.23. The first-order valence-electron chi connectivity index (χ1n) is 6.72. The van der Waals surface area contributed by atoms with Gasteiger partial charge in [0.2, 0.25) is 0 Å². The van der Waals surface area contributed by atoms with E-state index < -0.39 is 0 Å². The van der Waals surface area contributed by atoms with Crippen LogP contribution in [0, 0.1) is 0 Å². The zero-order chi connectivity index (χ0) is 15.2. The molecule has 0 amide bonds. The Morgan fingerprint density at radius 3 is 2.71 bits per heavy atom. The van der Waals surface area contributed by atoms with Gasteiger partial charge in [0, 0.05) is 22.6 Å². The van der Waals surface area contributed by atoms with E-state index in [0.29, 0.717) is 28.7 Å². The van der Waals surface area contributed by atoms with E-state index in [9.17, 15) is 4.79 Å². The van der Waals surface area contributed by atoms with Crippen LogP contribution >= 0.6 is 11.6 Å². The van der Waals surface area contributed by atoms with Gasteiger partial charge >= 0.3 is 0 Å². The molecule has 0 spiro atoms. The highest BCUT2D eigenvalue weighted by molar-refractivity contribution is 6.30. The van der Waals surface area contributed by atoms with Crippen molar-refractivity contribution in [2.75, 3.05) is 13.7 Å². The number of halogens is 1. The molecule has 2 aromatic carbocycles. The van der Waals surface area contributed by atoms with Crippen molar-refractivity contribution >= 4 is 17.4 Å². The molecule has 0 radical (unpaired) electrons. The predicted octanol–water partition coefficient (Wildman–Crippen LogP) is 4.17. The Bertz CT molecular complexity index is 638. The Hall–Kier alpha value is -2.00. The molecule has 0 unspecified atom stereocenters. The van der Waals surface area contributed by atoms with Gasteiger partial charge in [0.25, 0.3) is 0 Å². The third-order valence-electron chi connectivity index (χ3n) is 3.06. The second-order valence-corrected chi connectivity index (χ2v) is 4.95. The molecule has 0 aliphatic heterocycles. The fourth-order valence-electron chi connectivity index (χ4n) is 2.09. The van der Waals surface area contributed by atoms with Crippen LogP contribution in [0.3, 0.4) is 0 Å². The van der Waals surface area contributed by atoms with Crippen LogP contribution < -0.4 is 9.47 Å². The molecule has 0 fully saturated rings. The minimum atomic E-state index is -0.00267. The van der Waals surface area contributed by atoms with Gasteiger partial charge in [0.05, 0.1) is 13.7 Å². The topological polar surface area (TPSA) is 35.5 Å². The van der Waals surface area contributed by atoms with Crippen molar-refractivity contribution in [2.45, 2.75) is 13.3 Å². The maximum Gasteiger partial charge on any atom is 0.167 e. The van der Waals surface area contributed by atoms with Gasteiger partial charge in [-0.2, -0.15) is 0 Å². The van der Waals surface area contributed by atoms with Crippen LogP contribution in [-0.4, -0.2) is 19.5 Å². The Balaban J connectivity index is 2.21. The third kappa shape index (κ3) is 3.99. The lowest BCUT2D eigenvalue weighted by Gasteiger charge is -2.09. The summed E-state index contributed by atoms with van der Waals surface area (Å²) in [5.41, 5.74) is 1.39. The number of hydrogen-bond acceptors (Lipinski definition) is 3. The summed E-state index contributed by atoms with van der Waals surface area (Å²) in [6, 6.07) is 12.4. The SMILES string of the molecule is CCOc1cccc(C(=O)Cc2cc(Cl)ccc2OC)c1. The maximum atomic E-state index is 12.4. The van der Waals surface area contributed by atoms with Crippen molar-refractivity contribution in [3.05, 3.63) is 58.6 Å². The number of rotatable bonds is 6. The molecular formula is C17H17ClO3. The van der Waals surface area contributed by atoms with Crippen molar-refractivity contribution < 1.29 is 14.3 Å². The predicted molar refractivity (Wildman–Crippen MR) is 83.6 cm³/mol. The van der Waals surface area contributed by atoms with Gasteiger partial charge in [-0.25, -0.2) is 0 Å². The zero-order valence-electron chi connectivity index (χ0n) is 12.1. The van der Waals surface area contributed by atoms with Crippen molar-refractivity contribution in [1.82, 2.24) is 0 Å². The molecule has 0 saturated carbocycles. The van der Waals surface area contributed by atoms with E-state index in [1.165, 1.54) is 0 Å². The fourth-order valence-corrected chi connectivity index (χ4v) is 2.28. The molecule has 4 heteroatoms. The van der Waals surface area contributed by atoms with Crippen molar-refractivity contribution in [1.29, 1.82) is 0 Å². The summed E-state index contributed by atoms with van der Waals surface area (Å²) in [4.78, 5) is 12.4. The number of methoxy groups -OCH3 is 1. The van der Waals surface area contributed by atoms with Gasteiger partial charge in [-0.1, -0.05) is 23.7 Å². The molecule has 0 aromatic heterocycles. The first-order chi connectivity index (χ1) is 10.1. The summed E-state index contributed by atoms with van der Waals surface area (Å²) in [5, 5.41) is 0.585. The largest absolute Gasteiger partial charge is 0.496 e. The molecular weight excluding hydrogens is 288 g/mol. The van der Waals surface area contributed by atoms with E-state index >= 15 is 0 Å². The van der Waals surface area contributed by atoms with Crippen molar-refractivity contribution in [2.24, 2.45) is 0 Å². The lowest BCUT2D eigenvalue weighted by Crippen LogP contribution is -2.05. The minimum absolute atomic E-state index is 0.00267. The van der Waals surface area contributed by atoms with Gasteiger partial charge in [-0.05, 0) is 37.3 Å². The molecule has 0 aliphatic carbocycles. The second kappa shape index (κ2) is 7.14. The number of benzene rings is 2. The average molecular weight is 305 g/mol. The third-order valence-corrected chi connectivity index (χ3v) is 3.30. The van der Waals surface area contributed by atoms with E-state index in [0.717, 1.165) is 5.56 Å². The summed E-state index contributed by atoms with van der Waals surface area (Å²) in [7, 11) is 1.58. The standard InChI is InChI=1S/C17H17ClO3/c1-3-21-15-6-4-5-12(10-15)16(19)11-13-9-14(18)7-8-17(13)20-2/h4-10H,3,11H2,1-2H3. The minimum Gasteiger partial charge on any atom is -0.496 e. The van der Waals surface area contributed by atoms with Crippen LogP contribution in [0.1, 0.15) is 22.8 Å². The average Bonchev–Trinajstić information content (AvgIpc) is 2.48. The number of ketones is 1. The molecule has 0 N–H and O–H groups in total. The first-order valence-corrected chi connectivity index (χ1v) is 7.10. The monoisotopic (exact) mass is 304 g/mol. The number of carbonyl (C=O) groups excluding carboxylic acids is 1. The highest BCUT2D eigenvalue weighted by atomic mass is 35.5. The zero-order valence-corrected chi connectivity index (χ0v) is 12.8. The van der Waals surface area contributed by atoms with Crippen LogP contribution in [0.4, 0.5) is 0 Å².